The Morgan fingerprint density at radius 2 is 1.32 bits per heavy atom. The highest BCUT2D eigenvalue weighted by atomic mass is 16.4. The van der Waals surface area contributed by atoms with Crippen molar-refractivity contribution >= 4 is 41.5 Å². The summed E-state index contributed by atoms with van der Waals surface area (Å²) in [4.78, 5) is 94.5. The van der Waals surface area contributed by atoms with Crippen LogP contribution in [0, 0.1) is 11.8 Å². The number of aromatic nitrogens is 2. The molecule has 0 saturated heterocycles. The van der Waals surface area contributed by atoms with Crippen LogP contribution in [0.3, 0.4) is 0 Å². The molecule has 0 aromatic carbocycles. The molecule has 6 atom stereocenters. The fourth-order valence-electron chi connectivity index (χ4n) is 4.35. The number of carbonyl (C=O) groups excluding carboxylic acids is 5. The van der Waals surface area contributed by atoms with Gasteiger partial charge in [0.2, 0.25) is 29.5 Å². The van der Waals surface area contributed by atoms with Gasteiger partial charge in [0.05, 0.1) is 18.8 Å². The van der Waals surface area contributed by atoms with Crippen LogP contribution in [0.4, 0.5) is 0 Å². The summed E-state index contributed by atoms with van der Waals surface area (Å²) in [6.45, 7) is 8.28. The van der Waals surface area contributed by atoms with Gasteiger partial charge in [0.25, 0.3) is 0 Å². The molecule has 1 aromatic heterocycles. The Morgan fingerprint density at radius 3 is 1.81 bits per heavy atom. The largest absolute Gasteiger partial charge is 0.481 e. The number of unbranched alkanes of at least 4 members (excludes halogenated alkanes) is 1. The van der Waals surface area contributed by atoms with Gasteiger partial charge in [-0.25, -0.2) is 9.78 Å². The summed E-state index contributed by atoms with van der Waals surface area (Å²) in [5.41, 5.74) is 12.0. The summed E-state index contributed by atoms with van der Waals surface area (Å²) in [7, 11) is 0. The van der Waals surface area contributed by atoms with Crippen LogP contribution in [-0.2, 0) is 40.0 Å². The molecule has 0 fully saturated rings. The molecule has 1 heterocycles. The number of carboxylic acids is 2. The number of nitrogens with zero attached hydrogens (tertiary/aromatic N) is 1. The highest BCUT2D eigenvalue weighted by molar-refractivity contribution is 5.96. The van der Waals surface area contributed by atoms with Crippen molar-refractivity contribution < 1.29 is 43.8 Å². The zero-order chi connectivity index (χ0) is 35.8. The number of aliphatic carboxylic acids is 2. The number of rotatable bonds is 21. The van der Waals surface area contributed by atoms with E-state index in [1.54, 1.807) is 27.7 Å². The first-order valence-electron chi connectivity index (χ1n) is 15.4. The lowest BCUT2D eigenvalue weighted by Crippen LogP contribution is -2.60. The first-order valence-corrected chi connectivity index (χ1v) is 15.4. The number of hydrogen-bond donors (Lipinski definition) is 10. The molecular formula is C29H49N9O9. The van der Waals surface area contributed by atoms with Crippen molar-refractivity contribution in [2.45, 2.75) is 103 Å². The zero-order valence-electron chi connectivity index (χ0n) is 27.4. The SMILES string of the molecule is CC(NC(=O)C(Cc1cnc[nH]1)NC(=O)C(N)CCCCN)C(=O)NC(C(=O)NC(C(=O)NC(CC(=O)O)C(=O)O)C(C)C)C(C)C. The van der Waals surface area contributed by atoms with E-state index in [0.717, 1.165) is 0 Å². The lowest BCUT2D eigenvalue weighted by Gasteiger charge is -2.29. The third kappa shape index (κ3) is 14.2. The number of aromatic amines is 1. The fraction of sp³-hybridized carbons (Fsp3) is 0.655. The molecule has 0 aliphatic rings. The minimum Gasteiger partial charge on any atom is -0.481 e. The lowest BCUT2D eigenvalue weighted by atomic mass is 9.99. The van der Waals surface area contributed by atoms with Crippen molar-refractivity contribution in [2.24, 2.45) is 23.3 Å². The second kappa shape index (κ2) is 19.8. The van der Waals surface area contributed by atoms with Crippen molar-refractivity contribution in [2.75, 3.05) is 6.54 Å². The van der Waals surface area contributed by atoms with Crippen molar-refractivity contribution in [3.05, 3.63) is 18.2 Å². The Hall–Kier alpha value is -4.58. The van der Waals surface area contributed by atoms with Crippen LogP contribution in [-0.4, -0.2) is 104 Å². The van der Waals surface area contributed by atoms with E-state index in [4.69, 9.17) is 16.6 Å². The van der Waals surface area contributed by atoms with Crippen molar-refractivity contribution in [1.82, 2.24) is 36.6 Å². The lowest BCUT2D eigenvalue weighted by molar-refractivity contribution is -0.147. The molecule has 0 saturated carbocycles. The van der Waals surface area contributed by atoms with Gasteiger partial charge in [-0.2, -0.15) is 0 Å². The summed E-state index contributed by atoms with van der Waals surface area (Å²) in [6.07, 6.45) is 3.71. The van der Waals surface area contributed by atoms with Crippen molar-refractivity contribution in [3.8, 4) is 0 Å². The highest BCUT2D eigenvalue weighted by Crippen LogP contribution is 2.09. The Labute approximate surface area is 272 Å². The van der Waals surface area contributed by atoms with Crippen LogP contribution in [0.1, 0.15) is 66.0 Å². The maximum Gasteiger partial charge on any atom is 0.326 e. The number of nitrogens with two attached hydrogens (primary N) is 2. The van der Waals surface area contributed by atoms with Gasteiger partial charge in [-0.15, -0.1) is 0 Å². The van der Waals surface area contributed by atoms with Crippen molar-refractivity contribution in [1.29, 1.82) is 0 Å². The van der Waals surface area contributed by atoms with Crippen LogP contribution in [0.5, 0.6) is 0 Å². The number of nitrogens with one attached hydrogen (secondary N) is 6. The van der Waals surface area contributed by atoms with Crippen LogP contribution < -0.4 is 38.1 Å². The summed E-state index contributed by atoms with van der Waals surface area (Å²) < 4.78 is 0. The van der Waals surface area contributed by atoms with E-state index in [0.29, 0.717) is 31.5 Å². The third-order valence-corrected chi connectivity index (χ3v) is 7.16. The van der Waals surface area contributed by atoms with Gasteiger partial charge in [-0.1, -0.05) is 34.1 Å². The summed E-state index contributed by atoms with van der Waals surface area (Å²) >= 11 is 0. The van der Waals surface area contributed by atoms with Gasteiger partial charge in [0, 0.05) is 18.3 Å². The second-order valence-corrected chi connectivity index (χ2v) is 11.9. The molecule has 18 heteroatoms. The summed E-state index contributed by atoms with van der Waals surface area (Å²) in [5.74, 6) is -7.72. The van der Waals surface area contributed by atoms with Gasteiger partial charge < -0.3 is 53.2 Å². The standard InChI is InChI=1S/C29H49N9O9/c1-14(2)22(27(44)36-20(29(46)47)11-21(39)40)38-28(45)23(15(3)4)37-24(41)16(5)34-26(43)19(10-17-12-32-13-33-17)35-25(42)18(31)8-6-7-9-30/h12-16,18-20,22-23H,6-11,30-31H2,1-5H3,(H,32,33)(H,34,43)(H,35,42)(H,36,44)(H,37,41)(H,38,45)(H,39,40)(H,46,47). The van der Waals surface area contributed by atoms with E-state index in [-0.39, 0.29) is 6.42 Å². The molecular weight excluding hydrogens is 618 g/mol. The smallest absolute Gasteiger partial charge is 0.326 e. The van der Waals surface area contributed by atoms with E-state index in [1.165, 1.54) is 19.4 Å². The molecule has 1 aromatic rings. The second-order valence-electron chi connectivity index (χ2n) is 11.9. The van der Waals surface area contributed by atoms with E-state index in [1.807, 2.05) is 0 Å². The quantitative estimate of drug-likeness (QED) is 0.0621. The van der Waals surface area contributed by atoms with Crippen LogP contribution in [0.2, 0.25) is 0 Å². The van der Waals surface area contributed by atoms with Gasteiger partial charge >= 0.3 is 11.9 Å². The van der Waals surface area contributed by atoms with Gasteiger partial charge in [0.15, 0.2) is 0 Å². The van der Waals surface area contributed by atoms with E-state index >= 15 is 0 Å². The molecule has 0 aliphatic heterocycles. The molecule has 18 nitrogen and oxygen atoms in total. The molecule has 1 rings (SSSR count). The molecule has 6 unspecified atom stereocenters. The molecule has 0 radical (unpaired) electrons. The van der Waals surface area contributed by atoms with Crippen LogP contribution in [0.15, 0.2) is 12.5 Å². The number of amides is 5. The average molecular weight is 668 g/mol. The molecule has 0 aliphatic carbocycles. The fourth-order valence-corrected chi connectivity index (χ4v) is 4.35. The maximum atomic E-state index is 13.3. The highest BCUT2D eigenvalue weighted by Gasteiger charge is 2.34. The van der Waals surface area contributed by atoms with Crippen LogP contribution in [0.25, 0.3) is 0 Å². The van der Waals surface area contributed by atoms with E-state index < -0.39 is 96.0 Å². The van der Waals surface area contributed by atoms with Gasteiger partial charge in [0.1, 0.15) is 30.2 Å². The molecule has 264 valence electrons. The number of carboxylic acid groups (broad SMARTS) is 2. The molecule has 12 N–H and O–H groups in total. The summed E-state index contributed by atoms with van der Waals surface area (Å²) in [5, 5.41) is 30.6. The third-order valence-electron chi connectivity index (χ3n) is 7.16. The first kappa shape index (κ1) is 40.4. The minimum absolute atomic E-state index is 0.0202. The molecule has 47 heavy (non-hydrogen) atoms. The van der Waals surface area contributed by atoms with Crippen LogP contribution >= 0.6 is 0 Å². The number of imidazole rings is 1. The molecule has 5 amide bonds. The maximum absolute atomic E-state index is 13.3. The Kier molecular flexibility index (Phi) is 17.1. The average Bonchev–Trinajstić information content (AvgIpc) is 3.50. The molecule has 0 bridgehead atoms. The predicted octanol–water partition coefficient (Wildman–Crippen LogP) is -2.28. The predicted molar refractivity (Wildman–Crippen MR) is 168 cm³/mol. The minimum atomic E-state index is -1.73. The number of hydrogen-bond acceptors (Lipinski definition) is 10. The first-order chi connectivity index (χ1) is 22.0. The Balaban J connectivity index is 2.99. The topological polar surface area (TPSA) is 301 Å². The summed E-state index contributed by atoms with van der Waals surface area (Å²) in [6, 6.07) is -7.35. The van der Waals surface area contributed by atoms with Gasteiger partial charge in [-0.3, -0.25) is 28.8 Å². The Morgan fingerprint density at radius 1 is 0.766 bits per heavy atom. The normalized spacial score (nSPS) is 15.0. The number of H-pyrrole nitrogens is 1. The molecule has 0 spiro atoms. The van der Waals surface area contributed by atoms with E-state index in [9.17, 15) is 38.7 Å². The van der Waals surface area contributed by atoms with E-state index in [2.05, 4.69) is 36.6 Å². The zero-order valence-corrected chi connectivity index (χ0v) is 27.4. The number of carbonyl (C=O) groups is 7. The van der Waals surface area contributed by atoms with Crippen molar-refractivity contribution in [3.63, 3.8) is 0 Å². The monoisotopic (exact) mass is 667 g/mol. The Bertz CT molecular complexity index is 1220. The van der Waals surface area contributed by atoms with Gasteiger partial charge in [-0.05, 0) is 38.1 Å².